The topological polar surface area (TPSA) is 46.0 Å². The number of methoxy groups -OCH3 is 1. The van der Waals surface area contributed by atoms with Crippen molar-refractivity contribution in [1.82, 2.24) is 4.98 Å². The molecule has 0 saturated heterocycles. The summed E-state index contributed by atoms with van der Waals surface area (Å²) in [6.45, 7) is 0. The van der Waals surface area contributed by atoms with Crippen LogP contribution in [0.3, 0.4) is 0 Å². The second kappa shape index (κ2) is 3.46. The Balaban J connectivity index is 2.71. The van der Waals surface area contributed by atoms with Gasteiger partial charge in [-0.25, -0.2) is 0 Å². The molecule has 1 aromatic carbocycles. The zero-order valence-electron chi connectivity index (χ0n) is 7.82. The summed E-state index contributed by atoms with van der Waals surface area (Å²) in [6, 6.07) is 9.54. The van der Waals surface area contributed by atoms with Crippen LogP contribution in [0.5, 0.6) is 0 Å². The van der Waals surface area contributed by atoms with E-state index < -0.39 is 0 Å². The van der Waals surface area contributed by atoms with E-state index in [9.17, 15) is 0 Å². The first-order chi connectivity index (χ1) is 6.83. The predicted molar refractivity (Wildman–Crippen MR) is 55.6 cm³/mol. The number of hydrogen-bond donors (Lipinski definition) is 1. The van der Waals surface area contributed by atoms with E-state index in [1.807, 2.05) is 30.3 Å². The van der Waals surface area contributed by atoms with Gasteiger partial charge in [0, 0.05) is 11.6 Å². The highest BCUT2D eigenvalue weighted by molar-refractivity contribution is 6.03. The van der Waals surface area contributed by atoms with Crippen LogP contribution in [-0.4, -0.2) is 18.0 Å². The Morgan fingerprint density at radius 2 is 2.07 bits per heavy atom. The second-order valence-electron chi connectivity index (χ2n) is 2.91. The van der Waals surface area contributed by atoms with Crippen molar-refractivity contribution in [3.63, 3.8) is 0 Å². The highest BCUT2D eigenvalue weighted by Gasteiger charge is 2.06. The fraction of sp³-hybridized carbons (Fsp3) is 0.0909. The Kier molecular flexibility index (Phi) is 2.14. The fourth-order valence-electron chi connectivity index (χ4n) is 1.40. The van der Waals surface area contributed by atoms with Crippen LogP contribution in [0.1, 0.15) is 5.56 Å². The van der Waals surface area contributed by atoms with Crippen LogP contribution in [0, 0.1) is 5.41 Å². The van der Waals surface area contributed by atoms with Crippen molar-refractivity contribution in [1.29, 1.82) is 5.41 Å². The van der Waals surface area contributed by atoms with Crippen LogP contribution in [-0.2, 0) is 4.74 Å². The first-order valence-electron chi connectivity index (χ1n) is 4.29. The summed E-state index contributed by atoms with van der Waals surface area (Å²) in [4.78, 5) is 4.23. The van der Waals surface area contributed by atoms with Crippen LogP contribution in [0.4, 0.5) is 0 Å². The van der Waals surface area contributed by atoms with Crippen molar-refractivity contribution in [3.05, 3.63) is 42.1 Å². The number of nitrogens with zero attached hydrogens (tertiary/aromatic N) is 1. The third kappa shape index (κ3) is 1.33. The number of hydrogen-bond acceptors (Lipinski definition) is 3. The number of para-hydroxylation sites is 1. The standard InChI is InChI=1S/C11H10N2O/c1-14-11(12)9-6-2-4-8-5-3-7-13-10(8)9/h2-7,12H,1H3. The third-order valence-electron chi connectivity index (χ3n) is 2.08. The molecule has 3 heteroatoms. The molecule has 0 aliphatic carbocycles. The molecule has 0 aliphatic heterocycles. The molecule has 0 bridgehead atoms. The van der Waals surface area contributed by atoms with Gasteiger partial charge in [0.15, 0.2) is 0 Å². The summed E-state index contributed by atoms with van der Waals surface area (Å²) >= 11 is 0. The molecular formula is C11H10N2O. The minimum atomic E-state index is 0.147. The molecule has 0 aliphatic rings. The molecule has 14 heavy (non-hydrogen) atoms. The lowest BCUT2D eigenvalue weighted by atomic mass is 10.1. The number of fused-ring (bicyclic) bond motifs is 1. The van der Waals surface area contributed by atoms with Gasteiger partial charge in [-0.1, -0.05) is 18.2 Å². The second-order valence-corrected chi connectivity index (χ2v) is 2.91. The van der Waals surface area contributed by atoms with Crippen LogP contribution < -0.4 is 0 Å². The average Bonchev–Trinajstić information content (AvgIpc) is 2.27. The van der Waals surface area contributed by atoms with E-state index in [1.54, 1.807) is 6.20 Å². The van der Waals surface area contributed by atoms with E-state index >= 15 is 0 Å². The molecule has 0 saturated carbocycles. The molecule has 0 atom stereocenters. The van der Waals surface area contributed by atoms with Crippen molar-refractivity contribution in [3.8, 4) is 0 Å². The summed E-state index contributed by atoms with van der Waals surface area (Å²) in [5.41, 5.74) is 1.53. The molecule has 0 radical (unpaired) electrons. The summed E-state index contributed by atoms with van der Waals surface area (Å²) in [7, 11) is 1.49. The van der Waals surface area contributed by atoms with Crippen LogP contribution in [0.25, 0.3) is 10.9 Å². The highest BCUT2D eigenvalue weighted by atomic mass is 16.5. The molecule has 0 spiro atoms. The normalized spacial score (nSPS) is 10.1. The van der Waals surface area contributed by atoms with E-state index in [4.69, 9.17) is 10.1 Å². The summed E-state index contributed by atoms with van der Waals surface area (Å²) < 4.78 is 4.89. The quantitative estimate of drug-likeness (QED) is 0.548. The number of ether oxygens (including phenoxy) is 1. The van der Waals surface area contributed by atoms with Crippen molar-refractivity contribution in [2.75, 3.05) is 7.11 Å². The van der Waals surface area contributed by atoms with Crippen LogP contribution in [0.2, 0.25) is 0 Å². The first-order valence-corrected chi connectivity index (χ1v) is 4.29. The molecule has 0 amide bonds. The van der Waals surface area contributed by atoms with Gasteiger partial charge in [0.1, 0.15) is 0 Å². The third-order valence-corrected chi connectivity index (χ3v) is 2.08. The molecule has 2 aromatic rings. The van der Waals surface area contributed by atoms with Gasteiger partial charge >= 0.3 is 0 Å². The predicted octanol–water partition coefficient (Wildman–Crippen LogP) is 2.21. The molecule has 3 nitrogen and oxygen atoms in total. The maximum atomic E-state index is 7.60. The SMILES string of the molecule is COC(=N)c1cccc2cccnc12. The van der Waals surface area contributed by atoms with Gasteiger partial charge in [0.05, 0.1) is 18.2 Å². The highest BCUT2D eigenvalue weighted by Crippen LogP contribution is 2.16. The fourth-order valence-corrected chi connectivity index (χ4v) is 1.40. The zero-order valence-corrected chi connectivity index (χ0v) is 7.82. The smallest absolute Gasteiger partial charge is 0.215 e. The largest absolute Gasteiger partial charge is 0.481 e. The Morgan fingerprint density at radius 3 is 2.86 bits per heavy atom. The maximum absolute atomic E-state index is 7.60. The van der Waals surface area contributed by atoms with Gasteiger partial charge in [-0.15, -0.1) is 0 Å². The van der Waals surface area contributed by atoms with Crippen molar-refractivity contribution in [2.24, 2.45) is 0 Å². The summed E-state index contributed by atoms with van der Waals surface area (Å²) in [5.74, 6) is 0.147. The number of aromatic nitrogens is 1. The van der Waals surface area contributed by atoms with E-state index in [0.29, 0.717) is 0 Å². The van der Waals surface area contributed by atoms with E-state index in [2.05, 4.69) is 4.98 Å². The molecule has 70 valence electrons. The number of rotatable bonds is 1. The summed E-state index contributed by atoms with van der Waals surface area (Å²) in [6.07, 6.45) is 1.72. The molecule has 0 fully saturated rings. The lowest BCUT2D eigenvalue weighted by Crippen LogP contribution is -2.02. The Morgan fingerprint density at radius 1 is 1.29 bits per heavy atom. The lowest BCUT2D eigenvalue weighted by molar-refractivity contribution is 0.401. The number of pyridine rings is 1. The summed E-state index contributed by atoms with van der Waals surface area (Å²) in [5, 5.41) is 8.62. The minimum absolute atomic E-state index is 0.147. The monoisotopic (exact) mass is 186 g/mol. The molecule has 1 N–H and O–H groups in total. The van der Waals surface area contributed by atoms with Gasteiger partial charge in [0.2, 0.25) is 5.90 Å². The van der Waals surface area contributed by atoms with Gasteiger partial charge < -0.3 is 4.74 Å². The van der Waals surface area contributed by atoms with E-state index in [-0.39, 0.29) is 5.90 Å². The van der Waals surface area contributed by atoms with Gasteiger partial charge in [-0.05, 0) is 12.1 Å². The van der Waals surface area contributed by atoms with Crippen molar-refractivity contribution >= 4 is 16.8 Å². The Hall–Kier alpha value is -1.90. The van der Waals surface area contributed by atoms with Gasteiger partial charge in [-0.3, -0.25) is 10.4 Å². The van der Waals surface area contributed by atoms with Crippen molar-refractivity contribution < 1.29 is 4.74 Å². The van der Waals surface area contributed by atoms with Gasteiger partial charge in [-0.2, -0.15) is 0 Å². The average molecular weight is 186 g/mol. The molecule has 2 rings (SSSR count). The zero-order chi connectivity index (χ0) is 9.97. The van der Waals surface area contributed by atoms with E-state index in [1.165, 1.54) is 7.11 Å². The number of benzene rings is 1. The molecule has 1 heterocycles. The molecular weight excluding hydrogens is 176 g/mol. The minimum Gasteiger partial charge on any atom is -0.481 e. The number of nitrogens with one attached hydrogen (secondary N) is 1. The molecule has 1 aromatic heterocycles. The van der Waals surface area contributed by atoms with Crippen LogP contribution in [0.15, 0.2) is 36.5 Å². The van der Waals surface area contributed by atoms with Crippen LogP contribution >= 0.6 is 0 Å². The Labute approximate surface area is 81.9 Å². The maximum Gasteiger partial charge on any atom is 0.215 e. The lowest BCUT2D eigenvalue weighted by Gasteiger charge is -2.04. The first kappa shape index (κ1) is 8.69. The van der Waals surface area contributed by atoms with Crippen molar-refractivity contribution in [2.45, 2.75) is 0 Å². The van der Waals surface area contributed by atoms with Gasteiger partial charge in [0.25, 0.3) is 0 Å². The van der Waals surface area contributed by atoms with E-state index in [0.717, 1.165) is 16.5 Å². The Bertz CT molecular complexity index is 474. The molecule has 0 unspecified atom stereocenters.